The SMILES string of the molecule is Cc1cc(C(=O)CCCCC(=O)O)ccc1Cl. The quantitative estimate of drug-likeness (QED) is 0.625. The molecule has 1 N–H and O–H groups in total. The first kappa shape index (κ1) is 13.7. The van der Waals surface area contributed by atoms with Crippen molar-refractivity contribution >= 4 is 23.4 Å². The Morgan fingerprint density at radius 2 is 1.88 bits per heavy atom. The van der Waals surface area contributed by atoms with Crippen LogP contribution in [0, 0.1) is 6.92 Å². The van der Waals surface area contributed by atoms with Crippen LogP contribution in [-0.4, -0.2) is 16.9 Å². The molecule has 0 aliphatic heterocycles. The number of ketones is 1. The highest BCUT2D eigenvalue weighted by molar-refractivity contribution is 6.31. The minimum Gasteiger partial charge on any atom is -0.481 e. The first-order valence-corrected chi connectivity index (χ1v) is 5.89. The third kappa shape index (κ3) is 4.57. The molecule has 0 heterocycles. The Labute approximate surface area is 105 Å². The van der Waals surface area contributed by atoms with Gasteiger partial charge in [-0.25, -0.2) is 0 Å². The number of carboxylic acid groups (broad SMARTS) is 1. The van der Waals surface area contributed by atoms with Gasteiger partial charge in [0.15, 0.2) is 5.78 Å². The van der Waals surface area contributed by atoms with Gasteiger partial charge >= 0.3 is 5.97 Å². The van der Waals surface area contributed by atoms with Crippen LogP contribution in [0.1, 0.15) is 41.6 Å². The van der Waals surface area contributed by atoms with Gasteiger partial charge in [-0.3, -0.25) is 9.59 Å². The zero-order valence-electron chi connectivity index (χ0n) is 9.70. The minimum atomic E-state index is -0.820. The molecular weight excluding hydrogens is 240 g/mol. The summed E-state index contributed by atoms with van der Waals surface area (Å²) in [6.07, 6.45) is 1.64. The van der Waals surface area contributed by atoms with E-state index in [1.54, 1.807) is 18.2 Å². The fourth-order valence-corrected chi connectivity index (χ4v) is 1.64. The summed E-state index contributed by atoms with van der Waals surface area (Å²) >= 11 is 5.87. The van der Waals surface area contributed by atoms with E-state index in [4.69, 9.17) is 16.7 Å². The highest BCUT2D eigenvalue weighted by Gasteiger charge is 2.07. The Morgan fingerprint density at radius 1 is 1.24 bits per heavy atom. The Hall–Kier alpha value is -1.35. The van der Waals surface area contributed by atoms with Gasteiger partial charge in [-0.2, -0.15) is 0 Å². The van der Waals surface area contributed by atoms with Crippen LogP contribution in [0.15, 0.2) is 18.2 Å². The number of hydrogen-bond donors (Lipinski definition) is 1. The molecule has 3 nitrogen and oxygen atoms in total. The van der Waals surface area contributed by atoms with Crippen molar-refractivity contribution in [3.8, 4) is 0 Å². The molecule has 0 unspecified atom stereocenters. The second-order valence-electron chi connectivity index (χ2n) is 3.99. The molecule has 0 atom stereocenters. The average Bonchev–Trinajstić information content (AvgIpc) is 2.27. The lowest BCUT2D eigenvalue weighted by Gasteiger charge is -2.03. The summed E-state index contributed by atoms with van der Waals surface area (Å²) in [5.41, 5.74) is 1.52. The number of unbranched alkanes of at least 4 members (excludes halogenated alkanes) is 1. The summed E-state index contributed by atoms with van der Waals surface area (Å²) in [5.74, 6) is -0.782. The van der Waals surface area contributed by atoms with Crippen molar-refractivity contribution < 1.29 is 14.7 Å². The van der Waals surface area contributed by atoms with Gasteiger partial charge in [0.25, 0.3) is 0 Å². The number of benzene rings is 1. The maximum absolute atomic E-state index is 11.8. The van der Waals surface area contributed by atoms with E-state index in [0.29, 0.717) is 29.8 Å². The highest BCUT2D eigenvalue weighted by atomic mass is 35.5. The molecule has 0 aliphatic rings. The molecule has 1 rings (SSSR count). The lowest BCUT2D eigenvalue weighted by Crippen LogP contribution is -2.01. The Balaban J connectivity index is 2.47. The molecule has 17 heavy (non-hydrogen) atoms. The molecule has 0 aromatic heterocycles. The summed E-state index contributed by atoms with van der Waals surface area (Å²) in [7, 11) is 0. The topological polar surface area (TPSA) is 54.4 Å². The first-order chi connectivity index (χ1) is 8.00. The first-order valence-electron chi connectivity index (χ1n) is 5.52. The summed E-state index contributed by atoms with van der Waals surface area (Å²) in [6, 6.07) is 5.18. The van der Waals surface area contributed by atoms with E-state index >= 15 is 0 Å². The molecule has 0 amide bonds. The van der Waals surface area contributed by atoms with Gasteiger partial charge in [0.05, 0.1) is 0 Å². The molecule has 0 saturated heterocycles. The Bertz CT molecular complexity index is 427. The van der Waals surface area contributed by atoms with Crippen LogP contribution in [0.25, 0.3) is 0 Å². The summed E-state index contributed by atoms with van der Waals surface area (Å²) in [5, 5.41) is 9.11. The molecule has 0 spiro atoms. The Kier molecular flexibility index (Phi) is 5.16. The number of rotatable bonds is 6. The number of carbonyl (C=O) groups is 2. The second-order valence-corrected chi connectivity index (χ2v) is 4.40. The molecule has 1 aromatic carbocycles. The van der Waals surface area contributed by atoms with Gasteiger partial charge in [-0.1, -0.05) is 11.6 Å². The van der Waals surface area contributed by atoms with Crippen molar-refractivity contribution in [3.05, 3.63) is 34.3 Å². The van der Waals surface area contributed by atoms with Gasteiger partial charge in [0.2, 0.25) is 0 Å². The van der Waals surface area contributed by atoms with E-state index in [9.17, 15) is 9.59 Å². The number of carbonyl (C=O) groups excluding carboxylic acids is 1. The van der Waals surface area contributed by atoms with E-state index in [2.05, 4.69) is 0 Å². The van der Waals surface area contributed by atoms with Crippen molar-refractivity contribution in [1.82, 2.24) is 0 Å². The number of carboxylic acids is 1. The van der Waals surface area contributed by atoms with Crippen LogP contribution in [0.5, 0.6) is 0 Å². The number of aliphatic carboxylic acids is 1. The van der Waals surface area contributed by atoms with E-state index in [-0.39, 0.29) is 12.2 Å². The van der Waals surface area contributed by atoms with Gasteiger partial charge in [0.1, 0.15) is 0 Å². The Morgan fingerprint density at radius 3 is 2.47 bits per heavy atom. The predicted molar refractivity (Wildman–Crippen MR) is 66.6 cm³/mol. The van der Waals surface area contributed by atoms with Gasteiger partial charge in [-0.05, 0) is 43.5 Å². The van der Waals surface area contributed by atoms with Crippen molar-refractivity contribution in [1.29, 1.82) is 0 Å². The van der Waals surface area contributed by atoms with E-state index in [1.165, 1.54) is 0 Å². The molecule has 0 saturated carbocycles. The fourth-order valence-electron chi connectivity index (χ4n) is 1.52. The second kappa shape index (κ2) is 6.40. The smallest absolute Gasteiger partial charge is 0.303 e. The molecular formula is C13H15ClO3. The number of Topliss-reactive ketones (excluding diaryl/α,β-unsaturated/α-hetero) is 1. The normalized spacial score (nSPS) is 10.2. The highest BCUT2D eigenvalue weighted by Crippen LogP contribution is 2.18. The van der Waals surface area contributed by atoms with Crippen LogP contribution in [0.3, 0.4) is 0 Å². The van der Waals surface area contributed by atoms with Crippen LogP contribution >= 0.6 is 11.6 Å². The number of hydrogen-bond acceptors (Lipinski definition) is 2. The van der Waals surface area contributed by atoms with Gasteiger partial charge < -0.3 is 5.11 Å². The van der Waals surface area contributed by atoms with E-state index in [0.717, 1.165) is 5.56 Å². The third-order valence-electron chi connectivity index (χ3n) is 2.52. The number of halogens is 1. The maximum Gasteiger partial charge on any atom is 0.303 e. The lowest BCUT2D eigenvalue weighted by atomic mass is 10.0. The molecule has 0 fully saturated rings. The van der Waals surface area contributed by atoms with Crippen LogP contribution in [0.2, 0.25) is 5.02 Å². The molecule has 4 heteroatoms. The standard InChI is InChI=1S/C13H15ClO3/c1-9-8-10(6-7-11(9)14)12(15)4-2-3-5-13(16)17/h6-8H,2-5H2,1H3,(H,16,17). The van der Waals surface area contributed by atoms with Crippen LogP contribution in [-0.2, 0) is 4.79 Å². The van der Waals surface area contributed by atoms with E-state index < -0.39 is 5.97 Å². The third-order valence-corrected chi connectivity index (χ3v) is 2.95. The van der Waals surface area contributed by atoms with E-state index in [1.807, 2.05) is 6.92 Å². The zero-order valence-corrected chi connectivity index (χ0v) is 10.5. The minimum absolute atomic E-state index is 0.0372. The molecule has 1 aromatic rings. The van der Waals surface area contributed by atoms with Crippen LogP contribution in [0.4, 0.5) is 0 Å². The fraction of sp³-hybridized carbons (Fsp3) is 0.385. The number of aryl methyl sites for hydroxylation is 1. The molecule has 0 aliphatic carbocycles. The van der Waals surface area contributed by atoms with Crippen molar-refractivity contribution in [2.24, 2.45) is 0 Å². The summed E-state index contributed by atoms with van der Waals surface area (Å²) in [4.78, 5) is 22.1. The lowest BCUT2D eigenvalue weighted by molar-refractivity contribution is -0.137. The monoisotopic (exact) mass is 254 g/mol. The van der Waals surface area contributed by atoms with Gasteiger partial charge in [-0.15, -0.1) is 0 Å². The largest absolute Gasteiger partial charge is 0.481 e. The van der Waals surface area contributed by atoms with Crippen molar-refractivity contribution in [2.45, 2.75) is 32.6 Å². The molecule has 92 valence electrons. The van der Waals surface area contributed by atoms with Crippen molar-refractivity contribution in [3.63, 3.8) is 0 Å². The molecule has 0 radical (unpaired) electrons. The predicted octanol–water partition coefficient (Wildman–Crippen LogP) is 3.48. The van der Waals surface area contributed by atoms with Gasteiger partial charge in [0, 0.05) is 23.4 Å². The summed E-state index contributed by atoms with van der Waals surface area (Å²) < 4.78 is 0. The summed E-state index contributed by atoms with van der Waals surface area (Å²) in [6.45, 7) is 1.85. The van der Waals surface area contributed by atoms with Crippen molar-refractivity contribution in [2.75, 3.05) is 0 Å². The zero-order chi connectivity index (χ0) is 12.8. The molecule has 0 bridgehead atoms. The maximum atomic E-state index is 11.8. The van der Waals surface area contributed by atoms with Crippen LogP contribution < -0.4 is 0 Å². The average molecular weight is 255 g/mol.